The topological polar surface area (TPSA) is 38.7 Å². The molecular weight excluding hydrogens is 325 g/mol. The highest BCUT2D eigenvalue weighted by molar-refractivity contribution is 6.29. The van der Waals surface area contributed by atoms with Crippen molar-refractivity contribution < 1.29 is 4.39 Å². The summed E-state index contributed by atoms with van der Waals surface area (Å²) in [6.45, 7) is 0. The molecule has 0 fully saturated rings. The zero-order valence-corrected chi connectivity index (χ0v) is 13.2. The van der Waals surface area contributed by atoms with Crippen molar-refractivity contribution in [2.75, 3.05) is 0 Å². The van der Waals surface area contributed by atoms with Gasteiger partial charge in [-0.15, -0.1) is 10.2 Å². The summed E-state index contributed by atoms with van der Waals surface area (Å²) in [5.74, 6) is -0.428. The van der Waals surface area contributed by atoms with Crippen LogP contribution < -0.4 is 0 Å². The van der Waals surface area contributed by atoms with Crippen molar-refractivity contribution in [1.82, 2.24) is 15.2 Å². The fraction of sp³-hybridized carbons (Fsp3) is 0. The number of fused-ring (bicyclic) bond motifs is 1. The lowest BCUT2D eigenvalue weighted by molar-refractivity contribution is 0.625. The molecule has 4 rings (SSSR count). The molecule has 116 valence electrons. The third kappa shape index (κ3) is 2.51. The van der Waals surface area contributed by atoms with Crippen LogP contribution in [0.15, 0.2) is 67.0 Å². The maximum atomic E-state index is 14.3. The number of halogens is 2. The first kappa shape index (κ1) is 14.7. The van der Waals surface area contributed by atoms with Gasteiger partial charge in [-0.2, -0.15) is 0 Å². The minimum Gasteiger partial charge on any atom is -0.262 e. The number of rotatable bonds is 2. The minimum absolute atomic E-state index is 0.213. The zero-order valence-electron chi connectivity index (χ0n) is 12.4. The van der Waals surface area contributed by atoms with Crippen LogP contribution in [0.1, 0.15) is 0 Å². The molecule has 0 spiro atoms. The average molecular weight is 336 g/mol. The molecule has 2 aromatic carbocycles. The fourth-order valence-electron chi connectivity index (χ4n) is 2.80. The molecule has 2 heterocycles. The van der Waals surface area contributed by atoms with Crippen molar-refractivity contribution in [2.45, 2.75) is 0 Å². The van der Waals surface area contributed by atoms with Gasteiger partial charge in [-0.25, -0.2) is 4.39 Å². The van der Waals surface area contributed by atoms with Gasteiger partial charge in [0.05, 0.1) is 6.20 Å². The first-order valence-electron chi connectivity index (χ1n) is 7.35. The predicted molar refractivity (Wildman–Crippen MR) is 93.2 cm³/mol. The van der Waals surface area contributed by atoms with E-state index in [0.717, 1.165) is 16.3 Å². The second kappa shape index (κ2) is 5.98. The van der Waals surface area contributed by atoms with Gasteiger partial charge in [0.15, 0.2) is 5.15 Å². The summed E-state index contributed by atoms with van der Waals surface area (Å²) in [6, 6.07) is 17.1. The Kier molecular flexibility index (Phi) is 3.67. The average Bonchev–Trinajstić information content (AvgIpc) is 2.62. The van der Waals surface area contributed by atoms with E-state index < -0.39 is 5.82 Å². The highest BCUT2D eigenvalue weighted by atomic mass is 35.5. The lowest BCUT2D eigenvalue weighted by Gasteiger charge is -2.11. The van der Waals surface area contributed by atoms with Gasteiger partial charge in [-0.1, -0.05) is 54.1 Å². The van der Waals surface area contributed by atoms with Crippen LogP contribution >= 0.6 is 11.6 Å². The minimum atomic E-state index is -0.428. The number of hydrogen-bond donors (Lipinski definition) is 0. The number of hydrogen-bond acceptors (Lipinski definition) is 3. The van der Waals surface area contributed by atoms with Crippen LogP contribution in [-0.4, -0.2) is 15.2 Å². The largest absolute Gasteiger partial charge is 0.262 e. The third-order valence-corrected chi connectivity index (χ3v) is 4.06. The molecule has 0 radical (unpaired) electrons. The first-order chi connectivity index (χ1) is 11.7. The van der Waals surface area contributed by atoms with Crippen LogP contribution in [-0.2, 0) is 0 Å². The monoisotopic (exact) mass is 335 g/mol. The van der Waals surface area contributed by atoms with Crippen LogP contribution in [0.2, 0.25) is 5.15 Å². The fourth-order valence-corrected chi connectivity index (χ4v) is 2.94. The van der Waals surface area contributed by atoms with Gasteiger partial charge < -0.3 is 0 Å². The Balaban J connectivity index is 2.04. The van der Waals surface area contributed by atoms with Gasteiger partial charge in [0.2, 0.25) is 0 Å². The molecule has 0 atom stereocenters. The molecule has 0 aliphatic carbocycles. The van der Waals surface area contributed by atoms with Crippen molar-refractivity contribution in [1.29, 1.82) is 0 Å². The third-order valence-electron chi connectivity index (χ3n) is 3.87. The van der Waals surface area contributed by atoms with Crippen LogP contribution in [0.5, 0.6) is 0 Å². The van der Waals surface area contributed by atoms with E-state index in [4.69, 9.17) is 11.6 Å². The molecule has 0 bridgehead atoms. The van der Waals surface area contributed by atoms with E-state index in [2.05, 4.69) is 15.2 Å². The highest BCUT2D eigenvalue weighted by Gasteiger charge is 2.16. The number of benzene rings is 2. The summed E-state index contributed by atoms with van der Waals surface area (Å²) in [6.07, 6.45) is 2.72. The summed E-state index contributed by atoms with van der Waals surface area (Å²) in [4.78, 5) is 3.80. The molecule has 0 aliphatic rings. The highest BCUT2D eigenvalue weighted by Crippen LogP contribution is 2.36. The Morgan fingerprint density at radius 3 is 2.54 bits per heavy atom. The number of nitrogens with zero attached hydrogens (tertiary/aromatic N) is 3. The lowest BCUT2D eigenvalue weighted by atomic mass is 9.96. The van der Waals surface area contributed by atoms with E-state index in [-0.39, 0.29) is 5.15 Å². The lowest BCUT2D eigenvalue weighted by Crippen LogP contribution is -1.96. The van der Waals surface area contributed by atoms with E-state index in [9.17, 15) is 4.39 Å². The maximum Gasteiger partial charge on any atom is 0.152 e. The Labute approximate surface area is 142 Å². The van der Waals surface area contributed by atoms with E-state index in [1.54, 1.807) is 18.3 Å². The van der Waals surface area contributed by atoms with Crippen molar-refractivity contribution >= 4 is 22.4 Å². The first-order valence-corrected chi connectivity index (χ1v) is 7.73. The molecular formula is C19H11ClFN3. The summed E-state index contributed by atoms with van der Waals surface area (Å²) in [5, 5.41) is 10.5. The van der Waals surface area contributed by atoms with Crippen molar-refractivity contribution in [3.05, 3.63) is 78.0 Å². The van der Waals surface area contributed by atoms with Crippen molar-refractivity contribution in [3.8, 4) is 22.4 Å². The molecule has 0 N–H and O–H groups in total. The second-order valence-electron chi connectivity index (χ2n) is 5.31. The van der Waals surface area contributed by atoms with E-state index >= 15 is 0 Å². The zero-order chi connectivity index (χ0) is 16.5. The van der Waals surface area contributed by atoms with Gasteiger partial charge >= 0.3 is 0 Å². The van der Waals surface area contributed by atoms with Crippen LogP contribution in [0, 0.1) is 5.82 Å². The Bertz CT molecular complexity index is 1040. The van der Waals surface area contributed by atoms with Gasteiger partial charge in [0, 0.05) is 22.9 Å². The summed E-state index contributed by atoms with van der Waals surface area (Å²) in [7, 11) is 0. The van der Waals surface area contributed by atoms with Crippen LogP contribution in [0.3, 0.4) is 0 Å². The van der Waals surface area contributed by atoms with E-state index in [1.807, 2.05) is 42.5 Å². The molecule has 0 amide bonds. The second-order valence-corrected chi connectivity index (χ2v) is 5.70. The van der Waals surface area contributed by atoms with Crippen LogP contribution in [0.25, 0.3) is 33.2 Å². The molecule has 3 nitrogen and oxygen atoms in total. The molecule has 24 heavy (non-hydrogen) atoms. The smallest absolute Gasteiger partial charge is 0.152 e. The molecule has 5 heteroatoms. The molecule has 0 saturated heterocycles. The van der Waals surface area contributed by atoms with E-state index in [1.165, 1.54) is 6.20 Å². The number of pyridine rings is 1. The van der Waals surface area contributed by atoms with Crippen molar-refractivity contribution in [2.24, 2.45) is 0 Å². The van der Waals surface area contributed by atoms with Gasteiger partial charge in [-0.3, -0.25) is 4.98 Å². The quantitative estimate of drug-likeness (QED) is 0.508. The normalized spacial score (nSPS) is 10.9. The van der Waals surface area contributed by atoms with Crippen molar-refractivity contribution in [3.63, 3.8) is 0 Å². The predicted octanol–water partition coefficient (Wildman–Crippen LogP) is 5.15. The SMILES string of the molecule is Fc1cnccc1-c1cc(Cl)nnc1-c1cccc2ccccc12. The Morgan fingerprint density at radius 1 is 0.833 bits per heavy atom. The molecule has 0 unspecified atom stereocenters. The molecule has 0 saturated carbocycles. The number of aromatic nitrogens is 3. The molecule has 2 aromatic heterocycles. The molecule has 0 aliphatic heterocycles. The van der Waals surface area contributed by atoms with Gasteiger partial charge in [0.1, 0.15) is 11.5 Å². The Hall–Kier alpha value is -2.85. The maximum absolute atomic E-state index is 14.3. The Morgan fingerprint density at radius 2 is 1.67 bits per heavy atom. The van der Waals surface area contributed by atoms with Gasteiger partial charge in [-0.05, 0) is 22.9 Å². The summed E-state index contributed by atoms with van der Waals surface area (Å²) in [5.41, 5.74) is 2.45. The van der Waals surface area contributed by atoms with Crippen LogP contribution in [0.4, 0.5) is 4.39 Å². The standard InChI is InChI=1S/C19H11ClFN3/c20-18-10-16(14-8-9-22-11-17(14)21)19(24-23-18)15-7-3-5-12-4-1-2-6-13(12)15/h1-11H. The summed E-state index contributed by atoms with van der Waals surface area (Å²) >= 11 is 6.01. The molecule has 4 aromatic rings. The van der Waals surface area contributed by atoms with Gasteiger partial charge in [0.25, 0.3) is 0 Å². The van der Waals surface area contributed by atoms with E-state index in [0.29, 0.717) is 16.8 Å². The summed E-state index contributed by atoms with van der Waals surface area (Å²) < 4.78 is 14.3.